The van der Waals surface area contributed by atoms with E-state index < -0.39 is 5.92 Å². The van der Waals surface area contributed by atoms with E-state index in [0.717, 1.165) is 36.8 Å². The van der Waals surface area contributed by atoms with Crippen molar-refractivity contribution in [1.29, 1.82) is 0 Å². The van der Waals surface area contributed by atoms with Crippen LogP contribution in [0.1, 0.15) is 25.3 Å². The molecular weight excluding hydrogens is 416 g/mol. The molecule has 4 atom stereocenters. The van der Waals surface area contributed by atoms with Crippen molar-refractivity contribution in [3.05, 3.63) is 28.9 Å². The van der Waals surface area contributed by atoms with Gasteiger partial charge in [0.05, 0.1) is 16.3 Å². The number of nitrogens with zero attached hydrogens (tertiary/aromatic N) is 7. The summed E-state index contributed by atoms with van der Waals surface area (Å²) in [6.45, 7) is 3.60. The van der Waals surface area contributed by atoms with Gasteiger partial charge in [0, 0.05) is 49.4 Å². The van der Waals surface area contributed by atoms with Gasteiger partial charge in [0.15, 0.2) is 5.84 Å². The molecule has 10 heteroatoms. The number of aryl methyl sites for hydroxylation is 1. The maximum Gasteiger partial charge on any atom is 0.246 e. The van der Waals surface area contributed by atoms with E-state index in [1.165, 1.54) is 0 Å². The first kappa shape index (κ1) is 18.9. The number of carbonyl (C=O) groups excluding carboxylic acids is 1. The molecule has 0 spiro atoms. The summed E-state index contributed by atoms with van der Waals surface area (Å²) in [7, 11) is 1.77. The molecule has 31 heavy (non-hydrogen) atoms. The SMILES string of the molecule is CCn1cc2c(Cl)c(C3=NN=C4N=C(N5C[C@@H]6CC[C@H]5[C@H]6N)N(C)C(=O)C43)ccc2n1. The van der Waals surface area contributed by atoms with E-state index in [-0.39, 0.29) is 18.0 Å². The van der Waals surface area contributed by atoms with Crippen LogP contribution in [0.5, 0.6) is 0 Å². The van der Waals surface area contributed by atoms with Gasteiger partial charge in [-0.3, -0.25) is 14.4 Å². The van der Waals surface area contributed by atoms with Crippen molar-refractivity contribution in [3.63, 3.8) is 0 Å². The molecule has 1 saturated heterocycles. The summed E-state index contributed by atoms with van der Waals surface area (Å²) >= 11 is 6.73. The molecular formula is C21H23ClN8O. The Morgan fingerprint density at radius 2 is 2.10 bits per heavy atom. The van der Waals surface area contributed by atoms with Crippen molar-refractivity contribution in [3.8, 4) is 0 Å². The highest BCUT2D eigenvalue weighted by molar-refractivity contribution is 6.42. The van der Waals surface area contributed by atoms with Crippen LogP contribution in [-0.2, 0) is 11.3 Å². The Morgan fingerprint density at radius 1 is 1.26 bits per heavy atom. The van der Waals surface area contributed by atoms with Crippen molar-refractivity contribution < 1.29 is 4.79 Å². The molecule has 160 valence electrons. The quantitative estimate of drug-likeness (QED) is 0.770. The van der Waals surface area contributed by atoms with Crippen molar-refractivity contribution in [2.75, 3.05) is 13.6 Å². The van der Waals surface area contributed by atoms with Crippen LogP contribution in [0.2, 0.25) is 5.02 Å². The fraction of sp³-hybridized carbons (Fsp3) is 0.476. The Hall–Kier alpha value is -2.78. The molecule has 1 aliphatic carbocycles. The van der Waals surface area contributed by atoms with Crippen LogP contribution in [-0.4, -0.2) is 68.7 Å². The summed E-state index contributed by atoms with van der Waals surface area (Å²) in [5, 5.41) is 14.5. The lowest BCUT2D eigenvalue weighted by Gasteiger charge is -2.37. The van der Waals surface area contributed by atoms with Gasteiger partial charge in [-0.2, -0.15) is 15.2 Å². The number of carbonyl (C=O) groups is 1. The van der Waals surface area contributed by atoms with Gasteiger partial charge in [-0.1, -0.05) is 11.6 Å². The van der Waals surface area contributed by atoms with Gasteiger partial charge in [-0.05, 0) is 37.8 Å². The zero-order valence-corrected chi connectivity index (χ0v) is 18.1. The Kier molecular flexibility index (Phi) is 4.04. The Morgan fingerprint density at radius 3 is 2.81 bits per heavy atom. The van der Waals surface area contributed by atoms with E-state index in [1.54, 1.807) is 11.9 Å². The second kappa shape index (κ2) is 6.61. The average Bonchev–Trinajstić information content (AvgIpc) is 3.53. The first-order valence-corrected chi connectivity index (χ1v) is 11.1. The van der Waals surface area contributed by atoms with Crippen LogP contribution in [0.4, 0.5) is 0 Å². The molecule has 2 aromatic rings. The molecule has 2 N–H and O–H groups in total. The average molecular weight is 439 g/mol. The molecule has 4 heterocycles. The van der Waals surface area contributed by atoms with E-state index in [2.05, 4.69) is 20.2 Å². The van der Waals surface area contributed by atoms with Gasteiger partial charge in [-0.25, -0.2) is 0 Å². The fourth-order valence-corrected chi connectivity index (χ4v) is 5.65. The van der Waals surface area contributed by atoms with Gasteiger partial charge in [0.1, 0.15) is 5.92 Å². The maximum absolute atomic E-state index is 13.4. The number of piperidine rings is 1. The number of guanidine groups is 1. The van der Waals surface area contributed by atoms with Crippen LogP contribution >= 0.6 is 11.6 Å². The summed E-state index contributed by atoms with van der Waals surface area (Å²) in [5.74, 6) is 0.755. The standard InChI is InChI=1S/C21H23ClN8O/c1-3-29-9-12-13(27-29)6-5-11(16(12)22)18-15-19(26-25-18)24-21(28(2)20(15)31)30-8-10-4-7-14(30)17(10)23/h5-6,9-10,14-15,17H,3-4,7-8,23H2,1-2H3/t10-,14-,15?,17-/m0/s1. The zero-order valence-electron chi connectivity index (χ0n) is 17.4. The minimum absolute atomic E-state index is 0.100. The minimum atomic E-state index is -0.654. The normalized spacial score (nSPS) is 29.5. The Labute approximate surface area is 184 Å². The molecule has 1 unspecified atom stereocenters. The van der Waals surface area contributed by atoms with Gasteiger partial charge >= 0.3 is 0 Å². The van der Waals surface area contributed by atoms with Crippen LogP contribution in [0, 0.1) is 11.8 Å². The molecule has 1 saturated carbocycles. The molecule has 9 nitrogen and oxygen atoms in total. The lowest BCUT2D eigenvalue weighted by Crippen LogP contribution is -2.55. The fourth-order valence-electron chi connectivity index (χ4n) is 5.34. The number of amidine groups is 1. The van der Waals surface area contributed by atoms with Crippen LogP contribution < -0.4 is 5.73 Å². The lowest BCUT2D eigenvalue weighted by atomic mass is 9.93. The predicted molar refractivity (Wildman–Crippen MR) is 119 cm³/mol. The summed E-state index contributed by atoms with van der Waals surface area (Å²) in [5.41, 5.74) is 8.40. The minimum Gasteiger partial charge on any atom is -0.337 e. The first-order chi connectivity index (χ1) is 15.0. The third-order valence-electron chi connectivity index (χ3n) is 7.07. The second-order valence-corrected chi connectivity index (χ2v) is 9.04. The Bertz CT molecular complexity index is 1210. The van der Waals surface area contributed by atoms with Crippen molar-refractivity contribution in [1.82, 2.24) is 19.6 Å². The number of fused-ring (bicyclic) bond motifs is 4. The number of aromatic nitrogens is 2. The van der Waals surface area contributed by atoms with E-state index in [4.69, 9.17) is 22.3 Å². The molecule has 6 rings (SSSR count). The number of hydrogen-bond donors (Lipinski definition) is 1. The van der Waals surface area contributed by atoms with Gasteiger partial charge < -0.3 is 10.6 Å². The topological polar surface area (TPSA) is 104 Å². The molecule has 3 aliphatic heterocycles. The van der Waals surface area contributed by atoms with Crippen LogP contribution in [0.3, 0.4) is 0 Å². The molecule has 2 bridgehead atoms. The number of aliphatic imine (C=N–C) groups is 1. The summed E-state index contributed by atoms with van der Waals surface area (Å²) in [4.78, 5) is 22.0. The predicted octanol–water partition coefficient (Wildman–Crippen LogP) is 1.69. The van der Waals surface area contributed by atoms with E-state index in [1.807, 2.05) is 29.9 Å². The number of halogens is 1. The van der Waals surface area contributed by atoms with Gasteiger partial charge in [-0.15, -0.1) is 5.10 Å². The molecule has 2 fully saturated rings. The first-order valence-electron chi connectivity index (χ1n) is 10.7. The summed E-state index contributed by atoms with van der Waals surface area (Å²) < 4.78 is 1.84. The highest BCUT2D eigenvalue weighted by Crippen LogP contribution is 2.39. The highest BCUT2D eigenvalue weighted by atomic mass is 35.5. The van der Waals surface area contributed by atoms with E-state index >= 15 is 0 Å². The van der Waals surface area contributed by atoms with Crippen molar-refractivity contribution >= 4 is 45.9 Å². The van der Waals surface area contributed by atoms with E-state index in [0.29, 0.717) is 34.0 Å². The monoisotopic (exact) mass is 438 g/mol. The van der Waals surface area contributed by atoms with Gasteiger partial charge in [0.2, 0.25) is 11.9 Å². The van der Waals surface area contributed by atoms with Gasteiger partial charge in [0.25, 0.3) is 0 Å². The lowest BCUT2D eigenvalue weighted by molar-refractivity contribution is -0.127. The van der Waals surface area contributed by atoms with Crippen molar-refractivity contribution in [2.24, 2.45) is 32.8 Å². The number of likely N-dealkylation sites (tertiary alicyclic amines) is 1. The second-order valence-electron chi connectivity index (χ2n) is 8.66. The smallest absolute Gasteiger partial charge is 0.246 e. The third kappa shape index (κ3) is 2.56. The summed E-state index contributed by atoms with van der Waals surface area (Å²) in [6, 6.07) is 4.12. The van der Waals surface area contributed by atoms with Crippen LogP contribution in [0.15, 0.2) is 33.5 Å². The number of benzene rings is 1. The largest absolute Gasteiger partial charge is 0.337 e. The molecule has 0 radical (unpaired) electrons. The zero-order chi connectivity index (χ0) is 21.4. The van der Waals surface area contributed by atoms with E-state index in [9.17, 15) is 4.79 Å². The van der Waals surface area contributed by atoms with Crippen molar-refractivity contribution in [2.45, 2.75) is 38.4 Å². The number of hydrogen-bond acceptors (Lipinski definition) is 7. The molecule has 1 aromatic heterocycles. The molecule has 1 amide bonds. The maximum atomic E-state index is 13.4. The third-order valence-corrected chi connectivity index (χ3v) is 7.47. The highest BCUT2D eigenvalue weighted by Gasteiger charge is 2.50. The number of rotatable bonds is 2. The summed E-state index contributed by atoms with van der Waals surface area (Å²) in [6.07, 6.45) is 4.08. The van der Waals surface area contributed by atoms with Crippen LogP contribution in [0.25, 0.3) is 10.9 Å². The number of nitrogens with two attached hydrogens (primary N) is 1. The Balaban J connectivity index is 1.36. The number of amides is 1. The molecule has 4 aliphatic rings. The molecule has 1 aromatic carbocycles.